The molecule has 1 amide bonds. The molecule has 1 aliphatic rings. The number of hydrogen-bond acceptors (Lipinski definition) is 8. The fourth-order valence-electron chi connectivity index (χ4n) is 2.00. The van der Waals surface area contributed by atoms with Gasteiger partial charge in [-0.1, -0.05) is 17.4 Å². The Morgan fingerprint density at radius 2 is 2.17 bits per heavy atom. The molecular formula is C15H14N4O3S2. The highest BCUT2D eigenvalue weighted by atomic mass is 32.2. The number of aromatic nitrogens is 2. The van der Waals surface area contributed by atoms with Gasteiger partial charge >= 0.3 is 0 Å². The van der Waals surface area contributed by atoms with E-state index in [0.717, 1.165) is 10.6 Å². The van der Waals surface area contributed by atoms with Gasteiger partial charge in [0.05, 0.1) is 12.0 Å². The Balaban J connectivity index is 1.90. The first-order chi connectivity index (χ1) is 11.5. The summed E-state index contributed by atoms with van der Waals surface area (Å²) < 4.78 is 5.08. The van der Waals surface area contributed by atoms with Gasteiger partial charge in [0.25, 0.3) is 5.91 Å². The first-order valence-electron chi connectivity index (χ1n) is 6.91. The molecule has 1 aromatic heterocycles. The quantitative estimate of drug-likeness (QED) is 0.845. The number of carbonyl (C=O) groups is 1. The van der Waals surface area contributed by atoms with Crippen molar-refractivity contribution in [2.75, 3.05) is 14.2 Å². The van der Waals surface area contributed by atoms with Crippen LogP contribution in [0.15, 0.2) is 28.1 Å². The van der Waals surface area contributed by atoms with E-state index < -0.39 is 0 Å². The van der Waals surface area contributed by atoms with Crippen molar-refractivity contribution >= 4 is 45.4 Å². The lowest BCUT2D eigenvalue weighted by Crippen LogP contribution is -2.23. The topological polar surface area (TPSA) is 87.9 Å². The lowest BCUT2D eigenvalue weighted by atomic mass is 10.2. The number of amidine groups is 1. The number of phenolic OH excluding ortho intramolecular Hbond substituents is 1. The molecule has 1 saturated heterocycles. The summed E-state index contributed by atoms with van der Waals surface area (Å²) >= 11 is 2.63. The average Bonchev–Trinajstić information content (AvgIpc) is 3.08. The largest absolute Gasteiger partial charge is 0.504 e. The van der Waals surface area contributed by atoms with Crippen molar-refractivity contribution in [2.24, 2.45) is 4.99 Å². The number of hydrogen-bond donors (Lipinski definition) is 1. The third-order valence-electron chi connectivity index (χ3n) is 3.21. The lowest BCUT2D eigenvalue weighted by molar-refractivity contribution is -0.121. The molecule has 0 radical (unpaired) electrons. The number of thioether (sulfide) groups is 1. The van der Waals surface area contributed by atoms with E-state index in [1.165, 1.54) is 41.2 Å². The maximum atomic E-state index is 12.4. The predicted molar refractivity (Wildman–Crippen MR) is 94.7 cm³/mol. The number of phenols is 1. The first-order valence-corrected chi connectivity index (χ1v) is 8.54. The van der Waals surface area contributed by atoms with Crippen LogP contribution in [0.5, 0.6) is 11.5 Å². The Morgan fingerprint density at radius 3 is 2.83 bits per heavy atom. The number of aryl methyl sites for hydroxylation is 1. The monoisotopic (exact) mass is 362 g/mol. The van der Waals surface area contributed by atoms with Crippen LogP contribution in [0.4, 0.5) is 5.13 Å². The zero-order valence-electron chi connectivity index (χ0n) is 13.2. The molecule has 3 rings (SSSR count). The van der Waals surface area contributed by atoms with Crippen molar-refractivity contribution in [1.29, 1.82) is 0 Å². The number of amides is 1. The van der Waals surface area contributed by atoms with E-state index in [1.807, 2.05) is 6.92 Å². The van der Waals surface area contributed by atoms with Gasteiger partial charge in [0.2, 0.25) is 5.13 Å². The highest BCUT2D eigenvalue weighted by Crippen LogP contribution is 2.35. The maximum Gasteiger partial charge on any atom is 0.266 e. The van der Waals surface area contributed by atoms with Crippen LogP contribution < -0.4 is 4.74 Å². The van der Waals surface area contributed by atoms with Crippen molar-refractivity contribution in [2.45, 2.75) is 6.92 Å². The fourth-order valence-corrected chi connectivity index (χ4v) is 3.59. The van der Waals surface area contributed by atoms with E-state index in [2.05, 4.69) is 15.2 Å². The molecule has 2 aromatic rings. The number of methoxy groups -OCH3 is 1. The van der Waals surface area contributed by atoms with Crippen molar-refractivity contribution in [3.63, 3.8) is 0 Å². The van der Waals surface area contributed by atoms with Gasteiger partial charge in [-0.2, -0.15) is 4.99 Å². The molecule has 1 aliphatic heterocycles. The van der Waals surface area contributed by atoms with Crippen LogP contribution >= 0.6 is 23.1 Å². The van der Waals surface area contributed by atoms with Crippen LogP contribution in [0.3, 0.4) is 0 Å². The molecule has 0 bridgehead atoms. The second-order valence-electron chi connectivity index (χ2n) is 4.90. The average molecular weight is 362 g/mol. The molecule has 0 unspecified atom stereocenters. The Labute approximate surface area is 146 Å². The molecule has 0 atom stereocenters. The van der Waals surface area contributed by atoms with Gasteiger partial charge in [0.15, 0.2) is 16.7 Å². The van der Waals surface area contributed by atoms with E-state index in [9.17, 15) is 9.90 Å². The second kappa shape index (κ2) is 6.62. The van der Waals surface area contributed by atoms with Crippen LogP contribution in [0.2, 0.25) is 0 Å². The summed E-state index contributed by atoms with van der Waals surface area (Å²) in [4.78, 5) is 18.8. The molecule has 24 heavy (non-hydrogen) atoms. The highest BCUT2D eigenvalue weighted by Gasteiger charge is 2.30. The molecule has 2 heterocycles. The number of ether oxygens (including phenoxy) is 1. The fraction of sp³-hybridized carbons (Fsp3) is 0.200. The molecule has 0 spiro atoms. The Morgan fingerprint density at radius 1 is 1.38 bits per heavy atom. The lowest BCUT2D eigenvalue weighted by Gasteiger charge is -2.05. The summed E-state index contributed by atoms with van der Waals surface area (Å²) in [6, 6.07) is 4.90. The summed E-state index contributed by atoms with van der Waals surface area (Å²) in [7, 11) is 3.14. The van der Waals surface area contributed by atoms with Gasteiger partial charge in [-0.15, -0.1) is 10.2 Å². The van der Waals surface area contributed by atoms with E-state index in [1.54, 1.807) is 25.3 Å². The third kappa shape index (κ3) is 3.26. The normalized spacial score (nSPS) is 18.0. The SMILES string of the molecule is COc1cc(/C=C2\S/C(=N/c3nnc(C)s3)N(C)C2=O)ccc1O. The molecule has 0 saturated carbocycles. The van der Waals surface area contributed by atoms with Crippen LogP contribution in [0.25, 0.3) is 6.08 Å². The summed E-state index contributed by atoms with van der Waals surface area (Å²) in [5, 5.41) is 19.4. The van der Waals surface area contributed by atoms with Gasteiger partial charge in [0.1, 0.15) is 5.01 Å². The molecule has 1 fully saturated rings. The number of likely N-dealkylation sites (N-methyl/N-ethyl adjacent to an activating group) is 1. The number of nitrogens with zero attached hydrogens (tertiary/aromatic N) is 4. The van der Waals surface area contributed by atoms with Gasteiger partial charge < -0.3 is 9.84 Å². The minimum absolute atomic E-state index is 0.0519. The molecule has 0 aliphatic carbocycles. The zero-order valence-corrected chi connectivity index (χ0v) is 14.8. The molecule has 7 nitrogen and oxygen atoms in total. The van der Waals surface area contributed by atoms with Crippen LogP contribution in [0, 0.1) is 6.92 Å². The Hall–Kier alpha value is -2.39. The van der Waals surface area contributed by atoms with Crippen molar-refractivity contribution in [3.05, 3.63) is 33.7 Å². The maximum absolute atomic E-state index is 12.4. The summed E-state index contributed by atoms with van der Waals surface area (Å²) in [6.07, 6.45) is 1.74. The molecule has 9 heteroatoms. The minimum atomic E-state index is -0.146. The Bertz CT molecular complexity index is 860. The van der Waals surface area contributed by atoms with Gasteiger partial charge in [0, 0.05) is 7.05 Å². The standard InChI is InChI=1S/C15H14N4O3S2/c1-8-17-18-14(23-8)16-15-19(2)13(21)12(24-15)7-9-4-5-10(20)11(6-9)22-3/h4-7,20H,1-3H3/b12-7-,16-15+. The predicted octanol–water partition coefficient (Wildman–Crippen LogP) is 2.79. The van der Waals surface area contributed by atoms with E-state index >= 15 is 0 Å². The Kier molecular flexibility index (Phi) is 4.54. The van der Waals surface area contributed by atoms with Crippen LogP contribution in [0.1, 0.15) is 10.6 Å². The van der Waals surface area contributed by atoms with Crippen molar-refractivity contribution < 1.29 is 14.6 Å². The van der Waals surface area contributed by atoms with Gasteiger partial charge in [-0.3, -0.25) is 9.69 Å². The number of aromatic hydroxyl groups is 1. The van der Waals surface area contributed by atoms with Gasteiger partial charge in [-0.25, -0.2) is 0 Å². The summed E-state index contributed by atoms with van der Waals surface area (Å²) in [5.74, 6) is 0.259. The summed E-state index contributed by atoms with van der Waals surface area (Å²) in [5.41, 5.74) is 0.752. The number of benzene rings is 1. The third-order valence-corrected chi connectivity index (χ3v) is 5.00. The second-order valence-corrected chi connectivity index (χ2v) is 7.07. The van der Waals surface area contributed by atoms with Crippen molar-refractivity contribution in [1.82, 2.24) is 15.1 Å². The number of carbonyl (C=O) groups excluding carboxylic acids is 1. The van der Waals surface area contributed by atoms with E-state index in [-0.39, 0.29) is 11.7 Å². The molecule has 124 valence electrons. The minimum Gasteiger partial charge on any atom is -0.504 e. The number of aliphatic imine (C=N–C) groups is 1. The van der Waals surface area contributed by atoms with E-state index in [4.69, 9.17) is 4.74 Å². The number of rotatable bonds is 3. The molecule has 1 N–H and O–H groups in total. The van der Waals surface area contributed by atoms with Crippen LogP contribution in [-0.4, -0.2) is 45.4 Å². The van der Waals surface area contributed by atoms with Crippen molar-refractivity contribution in [3.8, 4) is 11.5 Å². The first kappa shape index (κ1) is 16.5. The molecule has 1 aromatic carbocycles. The van der Waals surface area contributed by atoms with Gasteiger partial charge in [-0.05, 0) is 42.5 Å². The zero-order chi connectivity index (χ0) is 17.3. The van der Waals surface area contributed by atoms with E-state index in [0.29, 0.717) is 21.0 Å². The highest BCUT2D eigenvalue weighted by molar-refractivity contribution is 8.18. The smallest absolute Gasteiger partial charge is 0.266 e. The molecular weight excluding hydrogens is 348 g/mol. The summed E-state index contributed by atoms with van der Waals surface area (Å²) in [6.45, 7) is 1.85. The van der Waals surface area contributed by atoms with Crippen LogP contribution in [-0.2, 0) is 4.79 Å².